The van der Waals surface area contributed by atoms with Gasteiger partial charge in [0.15, 0.2) is 0 Å². The van der Waals surface area contributed by atoms with Crippen LogP contribution in [0.25, 0.3) is 0 Å². The van der Waals surface area contributed by atoms with E-state index in [2.05, 4.69) is 15.1 Å². The molecule has 0 unspecified atom stereocenters. The summed E-state index contributed by atoms with van der Waals surface area (Å²) in [6.45, 7) is 3.67. The highest BCUT2D eigenvalue weighted by molar-refractivity contribution is 7.89. The Bertz CT molecular complexity index is 673. The Morgan fingerprint density at radius 2 is 1.95 bits per heavy atom. The molecular weight excluding hydrogens is 296 g/mol. The third-order valence-electron chi connectivity index (χ3n) is 2.79. The van der Waals surface area contributed by atoms with Gasteiger partial charge in [0.05, 0.1) is 11.4 Å². The first kappa shape index (κ1) is 14.9. The summed E-state index contributed by atoms with van der Waals surface area (Å²) in [4.78, 5) is 4.34. The fourth-order valence-electron chi connectivity index (χ4n) is 2.03. The topological polar surface area (TPSA) is 97.1 Å². The molecule has 4 N–H and O–H groups in total. The minimum atomic E-state index is -3.57. The number of nitrogens with zero attached hydrogens (tertiary/aromatic N) is 1. The average molecular weight is 312 g/mol. The standard InChI is InChI=1S/C12H16N4O2S2/c1-8-5-10(16-13)6-9(2)12(8)20(17,18)15-7-11-14-3-4-19-11/h3-6,15-16H,7,13H2,1-2H3. The molecule has 108 valence electrons. The predicted octanol–water partition coefficient (Wildman–Crippen LogP) is 1.52. The lowest BCUT2D eigenvalue weighted by molar-refractivity contribution is 0.580. The summed E-state index contributed by atoms with van der Waals surface area (Å²) in [5.41, 5.74) is 4.48. The molecule has 2 rings (SSSR count). The summed E-state index contributed by atoms with van der Waals surface area (Å²) in [5.74, 6) is 5.35. The molecule has 1 aromatic carbocycles. The monoisotopic (exact) mass is 312 g/mol. The van der Waals surface area contributed by atoms with Gasteiger partial charge in [0, 0.05) is 17.3 Å². The second-order valence-corrected chi connectivity index (χ2v) is 7.02. The Morgan fingerprint density at radius 3 is 2.45 bits per heavy atom. The molecular formula is C12H16N4O2S2. The molecule has 6 nitrogen and oxygen atoms in total. The molecule has 20 heavy (non-hydrogen) atoms. The van der Waals surface area contributed by atoms with Crippen molar-refractivity contribution < 1.29 is 8.42 Å². The Hall–Kier alpha value is -1.48. The van der Waals surface area contributed by atoms with Crippen LogP contribution < -0.4 is 16.0 Å². The second kappa shape index (κ2) is 5.88. The molecule has 1 aromatic heterocycles. The number of rotatable bonds is 5. The molecule has 0 aliphatic rings. The summed E-state index contributed by atoms with van der Waals surface area (Å²) in [5, 5.41) is 2.53. The lowest BCUT2D eigenvalue weighted by atomic mass is 10.1. The van der Waals surface area contributed by atoms with E-state index in [0.717, 1.165) is 5.01 Å². The Morgan fingerprint density at radius 1 is 1.30 bits per heavy atom. The van der Waals surface area contributed by atoms with E-state index in [0.29, 0.717) is 16.8 Å². The fourth-order valence-corrected chi connectivity index (χ4v) is 4.11. The van der Waals surface area contributed by atoms with Gasteiger partial charge in [0.25, 0.3) is 0 Å². The molecule has 0 saturated heterocycles. The van der Waals surface area contributed by atoms with Crippen molar-refractivity contribution in [1.82, 2.24) is 9.71 Å². The normalized spacial score (nSPS) is 11.6. The summed E-state index contributed by atoms with van der Waals surface area (Å²) >= 11 is 1.41. The molecule has 0 spiro atoms. The van der Waals surface area contributed by atoms with Crippen LogP contribution in [0, 0.1) is 13.8 Å². The molecule has 0 fully saturated rings. The molecule has 0 saturated carbocycles. The van der Waals surface area contributed by atoms with Crippen LogP contribution in [0.2, 0.25) is 0 Å². The number of hydrogen-bond acceptors (Lipinski definition) is 6. The van der Waals surface area contributed by atoms with Gasteiger partial charge in [-0.1, -0.05) is 0 Å². The molecule has 0 aliphatic carbocycles. The first-order valence-electron chi connectivity index (χ1n) is 5.90. The first-order chi connectivity index (χ1) is 9.44. The maximum absolute atomic E-state index is 12.4. The SMILES string of the molecule is Cc1cc(NN)cc(C)c1S(=O)(=O)NCc1nccs1. The van der Waals surface area contributed by atoms with E-state index in [-0.39, 0.29) is 11.4 Å². The summed E-state index contributed by atoms with van der Waals surface area (Å²) in [7, 11) is -3.57. The highest BCUT2D eigenvalue weighted by Gasteiger charge is 2.20. The van der Waals surface area contributed by atoms with Gasteiger partial charge in [-0.3, -0.25) is 5.84 Å². The van der Waals surface area contributed by atoms with Crippen LogP contribution in [-0.4, -0.2) is 13.4 Å². The van der Waals surface area contributed by atoms with Gasteiger partial charge in [0.1, 0.15) is 5.01 Å². The smallest absolute Gasteiger partial charge is 0.241 e. The zero-order chi connectivity index (χ0) is 14.8. The molecule has 0 bridgehead atoms. The number of hydrogen-bond donors (Lipinski definition) is 3. The Labute approximate surface area is 122 Å². The quantitative estimate of drug-likeness (QED) is 0.574. The van der Waals surface area contributed by atoms with Crippen molar-refractivity contribution in [1.29, 1.82) is 0 Å². The number of benzene rings is 1. The van der Waals surface area contributed by atoms with Gasteiger partial charge >= 0.3 is 0 Å². The van der Waals surface area contributed by atoms with Crippen molar-refractivity contribution in [2.24, 2.45) is 5.84 Å². The maximum atomic E-state index is 12.4. The van der Waals surface area contributed by atoms with E-state index in [1.165, 1.54) is 11.3 Å². The van der Waals surface area contributed by atoms with Crippen LogP contribution in [0.15, 0.2) is 28.6 Å². The predicted molar refractivity (Wildman–Crippen MR) is 79.9 cm³/mol. The van der Waals surface area contributed by atoms with Gasteiger partial charge in [-0.15, -0.1) is 11.3 Å². The molecule has 1 heterocycles. The molecule has 0 amide bonds. The average Bonchev–Trinajstić information content (AvgIpc) is 2.88. The molecule has 2 aromatic rings. The van der Waals surface area contributed by atoms with Crippen molar-refractivity contribution in [2.45, 2.75) is 25.3 Å². The number of nitrogens with two attached hydrogens (primary N) is 1. The second-order valence-electron chi connectivity index (χ2n) is 4.33. The van der Waals surface area contributed by atoms with Crippen LogP contribution in [0.5, 0.6) is 0 Å². The Kier molecular flexibility index (Phi) is 4.39. The van der Waals surface area contributed by atoms with E-state index in [1.807, 2.05) is 5.38 Å². The Balaban J connectivity index is 2.29. The number of nitrogen functional groups attached to an aromatic ring is 1. The van der Waals surface area contributed by atoms with E-state index in [9.17, 15) is 8.42 Å². The number of anilines is 1. The summed E-state index contributed by atoms with van der Waals surface area (Å²) < 4.78 is 27.3. The van der Waals surface area contributed by atoms with E-state index >= 15 is 0 Å². The first-order valence-corrected chi connectivity index (χ1v) is 8.26. The van der Waals surface area contributed by atoms with Gasteiger partial charge < -0.3 is 5.43 Å². The van der Waals surface area contributed by atoms with Crippen molar-refractivity contribution in [2.75, 3.05) is 5.43 Å². The molecule has 8 heteroatoms. The van der Waals surface area contributed by atoms with Crippen molar-refractivity contribution in [3.63, 3.8) is 0 Å². The number of aryl methyl sites for hydroxylation is 2. The van der Waals surface area contributed by atoms with Gasteiger partial charge in [-0.05, 0) is 37.1 Å². The van der Waals surface area contributed by atoms with Crippen LogP contribution in [0.1, 0.15) is 16.1 Å². The lowest BCUT2D eigenvalue weighted by Gasteiger charge is -2.13. The number of aromatic nitrogens is 1. The maximum Gasteiger partial charge on any atom is 0.241 e. The number of hydrazine groups is 1. The lowest BCUT2D eigenvalue weighted by Crippen LogP contribution is -2.25. The number of thiazole rings is 1. The van der Waals surface area contributed by atoms with Crippen LogP contribution in [0.3, 0.4) is 0 Å². The van der Waals surface area contributed by atoms with Gasteiger partial charge in [-0.25, -0.2) is 18.1 Å². The fraction of sp³-hybridized carbons (Fsp3) is 0.250. The van der Waals surface area contributed by atoms with Crippen molar-refractivity contribution in [3.8, 4) is 0 Å². The minimum Gasteiger partial charge on any atom is -0.324 e. The zero-order valence-corrected chi connectivity index (χ0v) is 12.8. The van der Waals surface area contributed by atoms with E-state index in [4.69, 9.17) is 5.84 Å². The van der Waals surface area contributed by atoms with Crippen LogP contribution in [-0.2, 0) is 16.6 Å². The van der Waals surface area contributed by atoms with Crippen LogP contribution in [0.4, 0.5) is 5.69 Å². The van der Waals surface area contributed by atoms with Gasteiger partial charge in [0.2, 0.25) is 10.0 Å². The summed E-state index contributed by atoms with van der Waals surface area (Å²) in [6.07, 6.45) is 1.65. The molecule has 0 atom stereocenters. The molecule has 0 radical (unpaired) electrons. The largest absolute Gasteiger partial charge is 0.324 e. The van der Waals surface area contributed by atoms with Crippen molar-refractivity contribution in [3.05, 3.63) is 39.8 Å². The zero-order valence-electron chi connectivity index (χ0n) is 11.2. The third kappa shape index (κ3) is 3.15. The number of nitrogens with one attached hydrogen (secondary N) is 2. The van der Waals surface area contributed by atoms with Gasteiger partial charge in [-0.2, -0.15) is 0 Å². The van der Waals surface area contributed by atoms with Crippen LogP contribution >= 0.6 is 11.3 Å². The highest BCUT2D eigenvalue weighted by Crippen LogP contribution is 2.24. The summed E-state index contributed by atoms with van der Waals surface area (Å²) in [6, 6.07) is 3.40. The van der Waals surface area contributed by atoms with E-state index in [1.54, 1.807) is 32.2 Å². The number of sulfonamides is 1. The minimum absolute atomic E-state index is 0.190. The molecule has 0 aliphatic heterocycles. The highest BCUT2D eigenvalue weighted by atomic mass is 32.2. The van der Waals surface area contributed by atoms with Crippen molar-refractivity contribution >= 4 is 27.0 Å². The van der Waals surface area contributed by atoms with E-state index < -0.39 is 10.0 Å². The third-order valence-corrected chi connectivity index (χ3v) is 5.28.